The Morgan fingerprint density at radius 3 is 2.55 bits per heavy atom. The normalized spacial score (nSPS) is 10.7. The Morgan fingerprint density at radius 1 is 1.25 bits per heavy atom. The molecule has 2 heterocycles. The number of methoxy groups -OCH3 is 1. The van der Waals surface area contributed by atoms with E-state index in [1.165, 1.54) is 19.2 Å². The molecular weight excluding hydrogens is 266 g/mol. The number of carbonyl (C=O) groups is 2. The van der Waals surface area contributed by atoms with Crippen LogP contribution in [0.15, 0.2) is 28.8 Å². The van der Waals surface area contributed by atoms with E-state index >= 15 is 0 Å². The molecule has 0 aliphatic heterocycles. The number of carboxylic acids is 2. The van der Waals surface area contributed by atoms with Crippen LogP contribution >= 0.6 is 0 Å². The molecule has 0 amide bonds. The Labute approximate surface area is 114 Å². The lowest BCUT2D eigenvalue weighted by Crippen LogP contribution is -2.08. The number of carboxylic acid groups (broad SMARTS) is 2. The number of furan rings is 1. The molecule has 2 rings (SSSR count). The summed E-state index contributed by atoms with van der Waals surface area (Å²) in [7, 11) is 1.47. The summed E-state index contributed by atoms with van der Waals surface area (Å²) < 4.78 is 11.8. The number of aromatic nitrogens is 1. The zero-order chi connectivity index (χ0) is 14.7. The molecule has 7 heteroatoms. The lowest BCUT2D eigenvalue weighted by atomic mass is 10.2. The molecule has 106 valence electrons. The van der Waals surface area contributed by atoms with Gasteiger partial charge in [-0.25, -0.2) is 9.59 Å². The largest absolute Gasteiger partial charge is 0.478 e. The first-order valence-corrected chi connectivity index (χ1v) is 5.75. The molecule has 0 atom stereocenters. The van der Waals surface area contributed by atoms with E-state index in [1.807, 2.05) is 0 Å². The van der Waals surface area contributed by atoms with E-state index in [0.29, 0.717) is 11.5 Å². The third-order valence-corrected chi connectivity index (χ3v) is 2.79. The fourth-order valence-corrected chi connectivity index (χ4v) is 1.89. The number of rotatable bonds is 6. The van der Waals surface area contributed by atoms with E-state index in [0.717, 1.165) is 0 Å². The van der Waals surface area contributed by atoms with Crippen molar-refractivity contribution in [3.63, 3.8) is 0 Å². The summed E-state index contributed by atoms with van der Waals surface area (Å²) in [4.78, 5) is 21.8. The summed E-state index contributed by atoms with van der Waals surface area (Å²) in [6.45, 7) is 0.375. The average molecular weight is 279 g/mol. The van der Waals surface area contributed by atoms with Gasteiger partial charge in [0.25, 0.3) is 0 Å². The Kier molecular flexibility index (Phi) is 3.90. The van der Waals surface area contributed by atoms with Crippen LogP contribution < -0.4 is 0 Å². The molecule has 0 aromatic carbocycles. The maximum Gasteiger partial charge on any atom is 0.371 e. The van der Waals surface area contributed by atoms with E-state index in [2.05, 4.69) is 0 Å². The van der Waals surface area contributed by atoms with E-state index in [9.17, 15) is 9.59 Å². The first-order chi connectivity index (χ1) is 9.52. The van der Waals surface area contributed by atoms with Crippen LogP contribution in [0.25, 0.3) is 0 Å². The van der Waals surface area contributed by atoms with Gasteiger partial charge in [-0.3, -0.25) is 0 Å². The van der Waals surface area contributed by atoms with Gasteiger partial charge < -0.3 is 23.9 Å². The van der Waals surface area contributed by atoms with Crippen molar-refractivity contribution in [1.82, 2.24) is 4.57 Å². The summed E-state index contributed by atoms with van der Waals surface area (Å²) in [5.41, 5.74) is 0.644. The first kappa shape index (κ1) is 13.9. The second-order valence-corrected chi connectivity index (χ2v) is 4.11. The van der Waals surface area contributed by atoms with Gasteiger partial charge >= 0.3 is 11.9 Å². The maximum absolute atomic E-state index is 11.1. The van der Waals surface area contributed by atoms with Crippen molar-refractivity contribution in [1.29, 1.82) is 0 Å². The molecule has 2 aromatic rings. The minimum Gasteiger partial charge on any atom is -0.478 e. The smallest absolute Gasteiger partial charge is 0.371 e. The maximum atomic E-state index is 11.1. The van der Waals surface area contributed by atoms with E-state index in [4.69, 9.17) is 19.4 Å². The van der Waals surface area contributed by atoms with Gasteiger partial charge in [-0.2, -0.15) is 0 Å². The van der Waals surface area contributed by atoms with Gasteiger partial charge in [0.15, 0.2) is 0 Å². The lowest BCUT2D eigenvalue weighted by molar-refractivity contribution is 0.0658. The van der Waals surface area contributed by atoms with Gasteiger partial charge in [0.05, 0.1) is 24.4 Å². The zero-order valence-corrected chi connectivity index (χ0v) is 10.7. The molecule has 0 radical (unpaired) electrons. The summed E-state index contributed by atoms with van der Waals surface area (Å²) >= 11 is 0. The molecule has 0 fully saturated rings. The second-order valence-electron chi connectivity index (χ2n) is 4.11. The third kappa shape index (κ3) is 2.72. The molecule has 0 spiro atoms. The van der Waals surface area contributed by atoms with Crippen molar-refractivity contribution < 1.29 is 29.0 Å². The van der Waals surface area contributed by atoms with Crippen LogP contribution in [0.3, 0.4) is 0 Å². The van der Waals surface area contributed by atoms with Gasteiger partial charge in [-0.15, -0.1) is 0 Å². The highest BCUT2D eigenvalue weighted by molar-refractivity contribution is 5.89. The number of ether oxygens (including phenoxy) is 1. The van der Waals surface area contributed by atoms with Crippen molar-refractivity contribution in [2.45, 2.75) is 13.2 Å². The van der Waals surface area contributed by atoms with Gasteiger partial charge in [0, 0.05) is 13.3 Å². The highest BCUT2D eigenvalue weighted by Gasteiger charge is 2.16. The Morgan fingerprint density at radius 2 is 2.00 bits per heavy atom. The van der Waals surface area contributed by atoms with Crippen LogP contribution in [0, 0.1) is 0 Å². The molecular formula is C13H13NO6. The highest BCUT2D eigenvalue weighted by Crippen LogP contribution is 2.16. The molecule has 0 aliphatic carbocycles. The molecule has 20 heavy (non-hydrogen) atoms. The minimum atomic E-state index is -1.15. The van der Waals surface area contributed by atoms with Crippen molar-refractivity contribution in [3.8, 4) is 0 Å². The molecule has 2 N–H and O–H groups in total. The van der Waals surface area contributed by atoms with Crippen LogP contribution in [0.5, 0.6) is 0 Å². The van der Waals surface area contributed by atoms with Crippen LogP contribution in [0.1, 0.15) is 32.4 Å². The van der Waals surface area contributed by atoms with Crippen LogP contribution in [-0.4, -0.2) is 33.8 Å². The van der Waals surface area contributed by atoms with Crippen molar-refractivity contribution in [3.05, 3.63) is 47.2 Å². The fourth-order valence-electron chi connectivity index (χ4n) is 1.89. The first-order valence-electron chi connectivity index (χ1n) is 5.75. The topological polar surface area (TPSA) is 102 Å². The van der Waals surface area contributed by atoms with Crippen molar-refractivity contribution >= 4 is 11.9 Å². The SMILES string of the molecule is COCc1c(C(=O)O)ccn1Cc1ccc(C(=O)O)o1. The Hall–Kier alpha value is -2.54. The summed E-state index contributed by atoms with van der Waals surface area (Å²) in [5.74, 6) is -1.92. The van der Waals surface area contributed by atoms with E-state index < -0.39 is 11.9 Å². The lowest BCUT2D eigenvalue weighted by Gasteiger charge is -2.08. The fraction of sp³-hybridized carbons (Fsp3) is 0.231. The average Bonchev–Trinajstić information content (AvgIpc) is 2.98. The number of nitrogens with zero attached hydrogens (tertiary/aromatic N) is 1. The van der Waals surface area contributed by atoms with Gasteiger partial charge in [0.1, 0.15) is 5.76 Å². The summed E-state index contributed by atoms with van der Waals surface area (Å²) in [6, 6.07) is 4.37. The Balaban J connectivity index is 2.28. The number of aromatic carboxylic acids is 2. The predicted octanol–water partition coefficient (Wildman–Crippen LogP) is 1.67. The minimum absolute atomic E-state index is 0.140. The number of hydrogen-bond donors (Lipinski definition) is 2. The van der Waals surface area contributed by atoms with Crippen LogP contribution in [0.2, 0.25) is 0 Å². The Bertz CT molecular complexity index is 639. The molecule has 7 nitrogen and oxygen atoms in total. The van der Waals surface area contributed by atoms with Crippen LogP contribution in [-0.2, 0) is 17.9 Å². The highest BCUT2D eigenvalue weighted by atomic mass is 16.5. The van der Waals surface area contributed by atoms with E-state index in [-0.39, 0.29) is 24.5 Å². The van der Waals surface area contributed by atoms with Gasteiger partial charge in [-0.05, 0) is 18.2 Å². The van der Waals surface area contributed by atoms with Crippen LogP contribution in [0.4, 0.5) is 0 Å². The monoisotopic (exact) mass is 279 g/mol. The predicted molar refractivity (Wildman–Crippen MR) is 66.9 cm³/mol. The van der Waals surface area contributed by atoms with Gasteiger partial charge in [-0.1, -0.05) is 0 Å². The van der Waals surface area contributed by atoms with Gasteiger partial charge in [0.2, 0.25) is 5.76 Å². The second kappa shape index (κ2) is 5.62. The summed E-state index contributed by atoms with van der Waals surface area (Å²) in [5, 5.41) is 17.9. The number of hydrogen-bond acceptors (Lipinski definition) is 4. The quantitative estimate of drug-likeness (QED) is 0.834. The molecule has 0 saturated heterocycles. The van der Waals surface area contributed by atoms with Crippen molar-refractivity contribution in [2.75, 3.05) is 7.11 Å². The molecule has 0 aliphatic rings. The third-order valence-electron chi connectivity index (χ3n) is 2.79. The molecule has 0 bridgehead atoms. The van der Waals surface area contributed by atoms with E-state index in [1.54, 1.807) is 16.8 Å². The van der Waals surface area contributed by atoms with Crippen molar-refractivity contribution in [2.24, 2.45) is 0 Å². The standard InChI is InChI=1S/C13H13NO6/c1-19-7-10-9(12(15)16)4-5-14(10)6-8-2-3-11(20-8)13(17)18/h2-5H,6-7H2,1H3,(H,15,16)(H,17,18). The molecule has 0 saturated carbocycles. The zero-order valence-electron chi connectivity index (χ0n) is 10.7. The molecule has 0 unspecified atom stereocenters. The molecule has 2 aromatic heterocycles. The summed E-state index contributed by atoms with van der Waals surface area (Å²) in [6.07, 6.45) is 1.60.